The minimum atomic E-state index is -0.515. The fourth-order valence-corrected chi connectivity index (χ4v) is 3.01. The maximum Gasteiger partial charge on any atom is 0.293 e. The summed E-state index contributed by atoms with van der Waals surface area (Å²) in [7, 11) is 0. The summed E-state index contributed by atoms with van der Waals surface area (Å²) in [6.45, 7) is 0.0992. The van der Waals surface area contributed by atoms with Crippen molar-refractivity contribution >= 4 is 34.9 Å². The molecule has 26 heavy (non-hydrogen) atoms. The standard InChI is InChI=1S/C16H13N5O4S/c22-13-4-3-11(19-20-13)14(23)18-6-7-21-15(24)12(26-16(21)25)8-10-2-1-5-17-9-10/h1-5,8-9H,6-7H2,(H,18,23)(H,20,22). The van der Waals surface area contributed by atoms with Gasteiger partial charge < -0.3 is 5.32 Å². The van der Waals surface area contributed by atoms with Crippen LogP contribution < -0.4 is 10.9 Å². The molecule has 1 saturated heterocycles. The molecule has 3 amide bonds. The van der Waals surface area contributed by atoms with Crippen LogP contribution in [0.25, 0.3) is 6.08 Å². The van der Waals surface area contributed by atoms with Gasteiger partial charge in [0, 0.05) is 31.5 Å². The Morgan fingerprint density at radius 1 is 1.27 bits per heavy atom. The molecule has 132 valence electrons. The number of nitrogens with one attached hydrogen (secondary N) is 2. The zero-order valence-electron chi connectivity index (χ0n) is 13.3. The lowest BCUT2D eigenvalue weighted by atomic mass is 10.2. The number of hydrogen-bond donors (Lipinski definition) is 2. The normalized spacial score (nSPS) is 15.5. The number of aromatic amines is 1. The predicted octanol–water partition coefficient (Wildman–Crippen LogP) is 0.631. The molecule has 0 saturated carbocycles. The average Bonchev–Trinajstić information content (AvgIpc) is 2.90. The van der Waals surface area contributed by atoms with Crippen LogP contribution in [0.4, 0.5) is 4.79 Å². The summed E-state index contributed by atoms with van der Waals surface area (Å²) in [6, 6.07) is 5.97. The first-order chi connectivity index (χ1) is 12.5. The molecule has 0 bridgehead atoms. The first-order valence-electron chi connectivity index (χ1n) is 7.54. The Balaban J connectivity index is 1.58. The molecule has 2 aromatic rings. The van der Waals surface area contributed by atoms with E-state index in [2.05, 4.69) is 20.5 Å². The van der Waals surface area contributed by atoms with Gasteiger partial charge in [0.25, 0.3) is 22.6 Å². The van der Waals surface area contributed by atoms with Crippen molar-refractivity contribution < 1.29 is 14.4 Å². The summed E-state index contributed by atoms with van der Waals surface area (Å²) in [5, 5.41) is 7.90. The largest absolute Gasteiger partial charge is 0.349 e. The fourth-order valence-electron chi connectivity index (χ4n) is 2.15. The summed E-state index contributed by atoms with van der Waals surface area (Å²) >= 11 is 0.839. The number of hydrogen-bond acceptors (Lipinski definition) is 7. The van der Waals surface area contributed by atoms with E-state index < -0.39 is 22.6 Å². The van der Waals surface area contributed by atoms with E-state index in [0.29, 0.717) is 4.91 Å². The Bertz CT molecular complexity index is 921. The van der Waals surface area contributed by atoms with E-state index >= 15 is 0 Å². The zero-order valence-corrected chi connectivity index (χ0v) is 14.2. The number of carbonyl (C=O) groups excluding carboxylic acids is 3. The summed E-state index contributed by atoms with van der Waals surface area (Å²) in [5.41, 5.74) is 0.338. The van der Waals surface area contributed by atoms with Crippen molar-refractivity contribution in [2.75, 3.05) is 13.1 Å². The molecule has 0 spiro atoms. The van der Waals surface area contributed by atoms with Crippen molar-refractivity contribution in [2.45, 2.75) is 0 Å². The summed E-state index contributed by atoms with van der Waals surface area (Å²) in [6.07, 6.45) is 4.80. The lowest BCUT2D eigenvalue weighted by Gasteiger charge is -2.12. The molecular formula is C16H13N5O4S. The second kappa shape index (κ2) is 7.74. The molecule has 0 radical (unpaired) electrons. The van der Waals surface area contributed by atoms with Gasteiger partial charge in [-0.05, 0) is 35.5 Å². The molecule has 0 unspecified atom stereocenters. The van der Waals surface area contributed by atoms with Gasteiger partial charge in [-0.15, -0.1) is 0 Å². The van der Waals surface area contributed by atoms with E-state index in [1.54, 1.807) is 30.6 Å². The monoisotopic (exact) mass is 371 g/mol. The van der Waals surface area contributed by atoms with Gasteiger partial charge in [0.05, 0.1) is 4.91 Å². The minimum absolute atomic E-state index is 0.0319. The number of carbonyl (C=O) groups is 3. The number of nitrogens with zero attached hydrogens (tertiary/aromatic N) is 3. The Labute approximate surface area is 151 Å². The number of amides is 3. The van der Waals surface area contributed by atoms with Gasteiger partial charge in [-0.2, -0.15) is 5.10 Å². The lowest BCUT2D eigenvalue weighted by Crippen LogP contribution is -2.37. The molecule has 1 aliphatic rings. The molecule has 10 heteroatoms. The van der Waals surface area contributed by atoms with Gasteiger partial charge in [-0.25, -0.2) is 5.10 Å². The van der Waals surface area contributed by atoms with E-state index in [4.69, 9.17) is 0 Å². The molecule has 1 fully saturated rings. The summed E-state index contributed by atoms with van der Waals surface area (Å²) in [4.78, 5) is 52.5. The van der Waals surface area contributed by atoms with Gasteiger partial charge in [0.2, 0.25) is 0 Å². The lowest BCUT2D eigenvalue weighted by molar-refractivity contribution is -0.122. The highest BCUT2D eigenvalue weighted by atomic mass is 32.2. The maximum atomic E-state index is 12.3. The Kier molecular flexibility index (Phi) is 5.23. The van der Waals surface area contributed by atoms with E-state index in [1.165, 1.54) is 12.1 Å². The van der Waals surface area contributed by atoms with Gasteiger partial charge in [-0.1, -0.05) is 6.07 Å². The van der Waals surface area contributed by atoms with Crippen LogP contribution >= 0.6 is 11.8 Å². The Hall–Kier alpha value is -3.27. The van der Waals surface area contributed by atoms with Crippen LogP contribution in [-0.4, -0.2) is 50.2 Å². The zero-order chi connectivity index (χ0) is 18.5. The first-order valence-corrected chi connectivity index (χ1v) is 8.35. The molecule has 0 aromatic carbocycles. The van der Waals surface area contributed by atoms with Crippen molar-refractivity contribution in [3.63, 3.8) is 0 Å². The maximum absolute atomic E-state index is 12.3. The van der Waals surface area contributed by atoms with Crippen molar-refractivity contribution in [1.29, 1.82) is 0 Å². The molecule has 2 N–H and O–H groups in total. The topological polar surface area (TPSA) is 125 Å². The van der Waals surface area contributed by atoms with Gasteiger partial charge in [0.1, 0.15) is 5.69 Å². The highest BCUT2D eigenvalue weighted by Crippen LogP contribution is 2.31. The van der Waals surface area contributed by atoms with Crippen molar-refractivity contribution in [3.8, 4) is 0 Å². The predicted molar refractivity (Wildman–Crippen MR) is 94.1 cm³/mol. The van der Waals surface area contributed by atoms with Gasteiger partial charge in [-0.3, -0.25) is 29.1 Å². The molecule has 2 aromatic heterocycles. The van der Waals surface area contributed by atoms with Crippen LogP contribution in [0.5, 0.6) is 0 Å². The summed E-state index contributed by atoms with van der Waals surface area (Å²) < 4.78 is 0. The molecule has 3 heterocycles. The molecule has 0 atom stereocenters. The van der Waals surface area contributed by atoms with Crippen LogP contribution in [0.3, 0.4) is 0 Å². The number of pyridine rings is 1. The van der Waals surface area contributed by atoms with E-state index in [-0.39, 0.29) is 18.8 Å². The van der Waals surface area contributed by atoms with Crippen LogP contribution in [0.2, 0.25) is 0 Å². The van der Waals surface area contributed by atoms with Crippen molar-refractivity contribution in [3.05, 3.63) is 63.2 Å². The third-order valence-corrected chi connectivity index (χ3v) is 4.30. The number of thioether (sulfide) groups is 1. The Morgan fingerprint density at radius 2 is 2.12 bits per heavy atom. The van der Waals surface area contributed by atoms with Gasteiger partial charge in [0.15, 0.2) is 0 Å². The van der Waals surface area contributed by atoms with Crippen LogP contribution in [0.1, 0.15) is 16.1 Å². The third-order valence-electron chi connectivity index (χ3n) is 3.39. The van der Waals surface area contributed by atoms with E-state index in [0.717, 1.165) is 22.2 Å². The molecule has 1 aliphatic heterocycles. The quantitative estimate of drug-likeness (QED) is 0.739. The smallest absolute Gasteiger partial charge is 0.293 e. The highest BCUT2D eigenvalue weighted by molar-refractivity contribution is 8.18. The number of aromatic nitrogens is 3. The number of H-pyrrole nitrogens is 1. The molecule has 9 nitrogen and oxygen atoms in total. The fraction of sp³-hybridized carbons (Fsp3) is 0.125. The molecule has 0 aliphatic carbocycles. The highest BCUT2D eigenvalue weighted by Gasteiger charge is 2.34. The van der Waals surface area contributed by atoms with Crippen molar-refractivity contribution in [2.24, 2.45) is 0 Å². The second-order valence-corrected chi connectivity index (χ2v) is 6.18. The van der Waals surface area contributed by atoms with Crippen LogP contribution in [-0.2, 0) is 4.79 Å². The summed E-state index contributed by atoms with van der Waals surface area (Å²) in [5.74, 6) is -0.931. The minimum Gasteiger partial charge on any atom is -0.349 e. The van der Waals surface area contributed by atoms with Crippen molar-refractivity contribution in [1.82, 2.24) is 25.4 Å². The van der Waals surface area contributed by atoms with E-state index in [9.17, 15) is 19.2 Å². The molecular weight excluding hydrogens is 358 g/mol. The number of rotatable bonds is 5. The average molecular weight is 371 g/mol. The van der Waals surface area contributed by atoms with E-state index in [1.807, 2.05) is 0 Å². The van der Waals surface area contributed by atoms with Crippen LogP contribution in [0, 0.1) is 0 Å². The molecule has 3 rings (SSSR count). The van der Waals surface area contributed by atoms with Gasteiger partial charge >= 0.3 is 0 Å². The SMILES string of the molecule is O=C(NCCN1C(=O)SC(=Cc2cccnc2)C1=O)c1ccc(=O)[nH]n1. The number of imide groups is 1. The van der Waals surface area contributed by atoms with Crippen LogP contribution in [0.15, 0.2) is 46.4 Å². The Morgan fingerprint density at radius 3 is 2.81 bits per heavy atom. The second-order valence-electron chi connectivity index (χ2n) is 5.18. The third kappa shape index (κ3) is 4.03. The first kappa shape index (κ1) is 17.5.